The van der Waals surface area contributed by atoms with E-state index in [1.807, 2.05) is 36.5 Å². The van der Waals surface area contributed by atoms with Crippen LogP contribution in [0.5, 0.6) is 0 Å². The Kier molecular flexibility index (Phi) is 4.11. The predicted molar refractivity (Wildman–Crippen MR) is 88.8 cm³/mol. The molecule has 2 N–H and O–H groups in total. The van der Waals surface area contributed by atoms with Crippen LogP contribution in [0.4, 0.5) is 0 Å². The molecular formula is C17H14Cl2N2. The number of hydrogen-bond donors (Lipinski definition) is 1. The second kappa shape index (κ2) is 6.02. The lowest BCUT2D eigenvalue weighted by Gasteiger charge is -2.15. The molecule has 0 fully saturated rings. The Balaban J connectivity index is 1.95. The van der Waals surface area contributed by atoms with Crippen molar-refractivity contribution < 1.29 is 0 Å². The van der Waals surface area contributed by atoms with Gasteiger partial charge in [-0.3, -0.25) is 4.98 Å². The quantitative estimate of drug-likeness (QED) is 0.755. The fourth-order valence-corrected chi connectivity index (χ4v) is 2.99. The van der Waals surface area contributed by atoms with Crippen molar-refractivity contribution in [1.29, 1.82) is 0 Å². The second-order valence-electron chi connectivity index (χ2n) is 4.99. The zero-order valence-electron chi connectivity index (χ0n) is 11.3. The molecule has 0 aliphatic rings. The molecule has 0 spiro atoms. The van der Waals surface area contributed by atoms with Crippen LogP contribution in [0.2, 0.25) is 10.0 Å². The normalized spacial score (nSPS) is 12.5. The highest BCUT2D eigenvalue weighted by Crippen LogP contribution is 2.28. The summed E-state index contributed by atoms with van der Waals surface area (Å²) < 4.78 is 0. The fraction of sp³-hybridized carbons (Fsp3) is 0.118. The van der Waals surface area contributed by atoms with Gasteiger partial charge in [0, 0.05) is 33.9 Å². The highest BCUT2D eigenvalue weighted by atomic mass is 35.5. The van der Waals surface area contributed by atoms with Crippen LogP contribution in [-0.4, -0.2) is 4.98 Å². The van der Waals surface area contributed by atoms with Crippen molar-refractivity contribution in [3.8, 4) is 0 Å². The van der Waals surface area contributed by atoms with Gasteiger partial charge in [0.25, 0.3) is 0 Å². The first-order valence-corrected chi connectivity index (χ1v) is 7.43. The van der Waals surface area contributed by atoms with E-state index < -0.39 is 0 Å². The maximum absolute atomic E-state index is 6.39. The number of rotatable bonds is 3. The molecule has 1 atom stereocenters. The van der Waals surface area contributed by atoms with Gasteiger partial charge in [-0.2, -0.15) is 0 Å². The molecule has 2 aromatic carbocycles. The van der Waals surface area contributed by atoms with Crippen LogP contribution in [0.15, 0.2) is 54.9 Å². The fourth-order valence-electron chi connectivity index (χ4n) is 2.51. The maximum atomic E-state index is 6.39. The number of nitrogens with two attached hydrogens (primary N) is 1. The maximum Gasteiger partial charge on any atom is 0.0453 e. The molecule has 0 aliphatic carbocycles. The summed E-state index contributed by atoms with van der Waals surface area (Å²) in [4.78, 5) is 4.14. The molecule has 0 bridgehead atoms. The number of pyridine rings is 1. The summed E-state index contributed by atoms with van der Waals surface area (Å²) in [5.74, 6) is 0. The molecule has 0 saturated heterocycles. The average Bonchev–Trinajstić information content (AvgIpc) is 2.49. The molecule has 3 rings (SSSR count). The van der Waals surface area contributed by atoms with Crippen molar-refractivity contribution in [2.24, 2.45) is 5.73 Å². The van der Waals surface area contributed by atoms with Crippen LogP contribution < -0.4 is 5.73 Å². The van der Waals surface area contributed by atoms with Gasteiger partial charge in [0.15, 0.2) is 0 Å². The zero-order chi connectivity index (χ0) is 14.8. The Hall–Kier alpha value is -1.61. The van der Waals surface area contributed by atoms with Gasteiger partial charge in [0.05, 0.1) is 0 Å². The van der Waals surface area contributed by atoms with Crippen molar-refractivity contribution in [2.75, 3.05) is 0 Å². The van der Waals surface area contributed by atoms with Crippen LogP contribution in [0, 0.1) is 0 Å². The van der Waals surface area contributed by atoms with Crippen LogP contribution in [0.3, 0.4) is 0 Å². The lowest BCUT2D eigenvalue weighted by molar-refractivity contribution is 0.728. The minimum atomic E-state index is -0.130. The van der Waals surface area contributed by atoms with E-state index in [0.29, 0.717) is 16.5 Å². The molecule has 21 heavy (non-hydrogen) atoms. The van der Waals surface area contributed by atoms with Gasteiger partial charge in [-0.05, 0) is 41.1 Å². The molecule has 0 amide bonds. The molecular weight excluding hydrogens is 303 g/mol. The van der Waals surface area contributed by atoms with Crippen LogP contribution in [0.1, 0.15) is 17.2 Å². The average molecular weight is 317 g/mol. The van der Waals surface area contributed by atoms with E-state index in [9.17, 15) is 0 Å². The summed E-state index contributed by atoms with van der Waals surface area (Å²) in [6.07, 6.45) is 4.30. The number of fused-ring (bicyclic) bond motifs is 1. The number of benzene rings is 2. The number of halogens is 2. The summed E-state index contributed by atoms with van der Waals surface area (Å²) in [5.41, 5.74) is 8.49. The van der Waals surface area contributed by atoms with Gasteiger partial charge in [0.2, 0.25) is 0 Å². The highest BCUT2D eigenvalue weighted by molar-refractivity contribution is 6.35. The van der Waals surface area contributed by atoms with E-state index in [0.717, 1.165) is 21.9 Å². The first kappa shape index (κ1) is 14.3. The van der Waals surface area contributed by atoms with Crippen molar-refractivity contribution in [1.82, 2.24) is 4.98 Å². The number of nitrogens with zero attached hydrogens (tertiary/aromatic N) is 1. The SMILES string of the molecule is NC(Cc1ccc(Cl)cc1Cl)c1cccc2cnccc12. The topological polar surface area (TPSA) is 38.9 Å². The van der Waals surface area contributed by atoms with Gasteiger partial charge in [0.1, 0.15) is 0 Å². The number of aromatic nitrogens is 1. The molecule has 1 aromatic heterocycles. The smallest absolute Gasteiger partial charge is 0.0453 e. The third kappa shape index (κ3) is 3.03. The van der Waals surface area contributed by atoms with E-state index in [2.05, 4.69) is 11.1 Å². The lowest BCUT2D eigenvalue weighted by Crippen LogP contribution is -2.14. The lowest BCUT2D eigenvalue weighted by atomic mass is 9.95. The summed E-state index contributed by atoms with van der Waals surface area (Å²) in [6.45, 7) is 0. The predicted octanol–water partition coefficient (Wildman–Crippen LogP) is 4.78. The van der Waals surface area contributed by atoms with Crippen LogP contribution in [-0.2, 0) is 6.42 Å². The van der Waals surface area contributed by atoms with Gasteiger partial charge >= 0.3 is 0 Å². The highest BCUT2D eigenvalue weighted by Gasteiger charge is 2.12. The Bertz CT molecular complexity index is 781. The minimum absolute atomic E-state index is 0.130. The molecule has 1 heterocycles. The second-order valence-corrected chi connectivity index (χ2v) is 5.83. The Morgan fingerprint density at radius 3 is 2.76 bits per heavy atom. The van der Waals surface area contributed by atoms with E-state index in [4.69, 9.17) is 28.9 Å². The first-order chi connectivity index (χ1) is 10.1. The van der Waals surface area contributed by atoms with E-state index in [1.54, 1.807) is 12.3 Å². The monoisotopic (exact) mass is 316 g/mol. The van der Waals surface area contributed by atoms with Crippen LogP contribution >= 0.6 is 23.2 Å². The van der Waals surface area contributed by atoms with E-state index in [-0.39, 0.29) is 6.04 Å². The molecule has 0 radical (unpaired) electrons. The van der Waals surface area contributed by atoms with Crippen molar-refractivity contribution in [3.63, 3.8) is 0 Å². The van der Waals surface area contributed by atoms with Gasteiger partial charge in [-0.15, -0.1) is 0 Å². The summed E-state index contributed by atoms with van der Waals surface area (Å²) in [5, 5.41) is 3.51. The molecule has 0 aliphatic heterocycles. The molecule has 106 valence electrons. The first-order valence-electron chi connectivity index (χ1n) is 6.67. The largest absolute Gasteiger partial charge is 0.324 e. The summed E-state index contributed by atoms with van der Waals surface area (Å²) >= 11 is 12.2. The molecule has 4 heteroatoms. The van der Waals surface area contributed by atoms with Crippen molar-refractivity contribution in [2.45, 2.75) is 12.5 Å². The molecule has 1 unspecified atom stereocenters. The van der Waals surface area contributed by atoms with Crippen molar-refractivity contribution >= 4 is 34.0 Å². The van der Waals surface area contributed by atoms with E-state index in [1.165, 1.54) is 0 Å². The van der Waals surface area contributed by atoms with E-state index >= 15 is 0 Å². The van der Waals surface area contributed by atoms with Crippen molar-refractivity contribution in [3.05, 3.63) is 76.0 Å². The zero-order valence-corrected chi connectivity index (χ0v) is 12.8. The third-order valence-corrected chi connectivity index (χ3v) is 4.16. The van der Waals surface area contributed by atoms with Gasteiger partial charge in [-0.1, -0.05) is 47.5 Å². The Morgan fingerprint density at radius 1 is 1.10 bits per heavy atom. The van der Waals surface area contributed by atoms with Crippen LogP contribution in [0.25, 0.3) is 10.8 Å². The molecule has 3 aromatic rings. The Labute approximate surface area is 133 Å². The minimum Gasteiger partial charge on any atom is -0.324 e. The Morgan fingerprint density at radius 2 is 1.95 bits per heavy atom. The molecule has 0 saturated carbocycles. The van der Waals surface area contributed by atoms with Gasteiger partial charge < -0.3 is 5.73 Å². The summed E-state index contributed by atoms with van der Waals surface area (Å²) in [7, 11) is 0. The summed E-state index contributed by atoms with van der Waals surface area (Å²) in [6, 6.07) is 13.5. The number of hydrogen-bond acceptors (Lipinski definition) is 2. The third-order valence-electron chi connectivity index (χ3n) is 3.57. The van der Waals surface area contributed by atoms with Gasteiger partial charge in [-0.25, -0.2) is 0 Å². The standard InChI is InChI=1S/C17H14Cl2N2/c18-13-5-4-11(16(19)9-13)8-17(20)15-3-1-2-12-10-21-7-6-14(12)15/h1-7,9-10,17H,8,20H2. The molecule has 2 nitrogen and oxygen atoms in total.